The molecule has 1 fully saturated rings. The highest BCUT2D eigenvalue weighted by atomic mass is 16.5. The third kappa shape index (κ3) is 9.41. The highest BCUT2D eigenvalue weighted by molar-refractivity contribution is 5.78. The fourth-order valence-corrected chi connectivity index (χ4v) is 1.59. The summed E-state index contributed by atoms with van der Waals surface area (Å²) in [6.07, 6.45) is 6.57. The molecule has 98 valence electrons. The minimum Gasteiger partial charge on any atom is -0.478 e. The summed E-state index contributed by atoms with van der Waals surface area (Å²) in [4.78, 5) is 20.2. The molecule has 0 aromatic rings. The van der Waals surface area contributed by atoms with Crippen LogP contribution in [0.15, 0.2) is 12.7 Å². The number of amides is 1. The lowest BCUT2D eigenvalue weighted by Gasteiger charge is -2.22. The molecule has 1 aliphatic rings. The molecule has 0 atom stereocenters. The largest absolute Gasteiger partial charge is 0.478 e. The van der Waals surface area contributed by atoms with Crippen LogP contribution in [0, 0.1) is 0 Å². The number of carboxylic acids is 1. The highest BCUT2D eigenvalue weighted by Crippen LogP contribution is 2.17. The van der Waals surface area contributed by atoms with E-state index < -0.39 is 5.97 Å². The van der Waals surface area contributed by atoms with E-state index in [9.17, 15) is 9.59 Å². The van der Waals surface area contributed by atoms with Crippen molar-refractivity contribution in [3.8, 4) is 0 Å². The number of rotatable bonds is 3. The fourth-order valence-electron chi connectivity index (χ4n) is 1.59. The number of alkyl carbamates (subject to hydrolysis) is 1. The summed E-state index contributed by atoms with van der Waals surface area (Å²) in [5, 5.41) is 10.5. The van der Waals surface area contributed by atoms with Gasteiger partial charge in [-0.1, -0.05) is 25.8 Å². The van der Waals surface area contributed by atoms with Gasteiger partial charge < -0.3 is 15.2 Å². The number of carbonyl (C=O) groups is 2. The number of carboxylic acid groups (broad SMARTS) is 1. The number of hydrogen-bond acceptors (Lipinski definition) is 3. The van der Waals surface area contributed by atoms with Crippen LogP contribution < -0.4 is 5.32 Å². The molecule has 0 spiro atoms. The van der Waals surface area contributed by atoms with Gasteiger partial charge in [-0.05, 0) is 19.8 Å². The molecule has 1 amide bonds. The van der Waals surface area contributed by atoms with E-state index in [2.05, 4.69) is 11.9 Å². The highest BCUT2D eigenvalue weighted by Gasteiger charge is 2.15. The summed E-state index contributed by atoms with van der Waals surface area (Å²) < 4.78 is 4.79. The topological polar surface area (TPSA) is 75.6 Å². The van der Waals surface area contributed by atoms with E-state index in [1.807, 2.05) is 6.92 Å². The van der Waals surface area contributed by atoms with E-state index in [0.29, 0.717) is 12.6 Å². The SMILES string of the molecule is C=CC(=O)O.CCOC(=O)NC1CCCCC1. The molecule has 5 heteroatoms. The molecule has 17 heavy (non-hydrogen) atoms. The summed E-state index contributed by atoms with van der Waals surface area (Å²) >= 11 is 0. The molecular formula is C12H21NO4. The zero-order valence-electron chi connectivity index (χ0n) is 10.3. The number of hydrogen-bond donors (Lipinski definition) is 2. The van der Waals surface area contributed by atoms with Gasteiger partial charge in [-0.25, -0.2) is 9.59 Å². The molecule has 1 aliphatic carbocycles. The predicted octanol–water partition coefficient (Wildman–Crippen LogP) is 2.32. The molecule has 1 saturated carbocycles. The first kappa shape index (κ1) is 15.5. The molecule has 2 N–H and O–H groups in total. The normalized spacial score (nSPS) is 15.1. The van der Waals surface area contributed by atoms with Crippen molar-refractivity contribution in [3.63, 3.8) is 0 Å². The molecule has 0 saturated heterocycles. The van der Waals surface area contributed by atoms with Crippen molar-refractivity contribution in [3.05, 3.63) is 12.7 Å². The third-order valence-corrected chi connectivity index (χ3v) is 2.38. The van der Waals surface area contributed by atoms with Crippen LogP contribution in [0.1, 0.15) is 39.0 Å². The first-order chi connectivity index (χ1) is 8.10. The summed E-state index contributed by atoms with van der Waals surface area (Å²) in [7, 11) is 0. The monoisotopic (exact) mass is 243 g/mol. The van der Waals surface area contributed by atoms with Crippen LogP contribution in [-0.2, 0) is 9.53 Å². The maximum Gasteiger partial charge on any atom is 0.407 e. The summed E-state index contributed by atoms with van der Waals surface area (Å²) in [5.74, 6) is -0.981. The Morgan fingerprint density at radius 1 is 1.41 bits per heavy atom. The Labute approximate surface area is 102 Å². The van der Waals surface area contributed by atoms with Gasteiger partial charge in [0.25, 0.3) is 0 Å². The van der Waals surface area contributed by atoms with Crippen LogP contribution >= 0.6 is 0 Å². The Morgan fingerprint density at radius 2 is 1.94 bits per heavy atom. The molecule has 0 heterocycles. The second-order valence-corrected chi connectivity index (χ2v) is 3.74. The third-order valence-electron chi connectivity index (χ3n) is 2.38. The van der Waals surface area contributed by atoms with Crippen LogP contribution in [0.4, 0.5) is 4.79 Å². The van der Waals surface area contributed by atoms with Gasteiger partial charge in [0.2, 0.25) is 0 Å². The standard InChI is InChI=1S/C9H17NO2.C3H4O2/c1-2-12-9(11)10-8-6-4-3-5-7-8;1-2-3(4)5/h8H,2-7H2,1H3,(H,10,11);2H,1H2,(H,4,5). The second kappa shape index (κ2) is 9.69. The van der Waals surface area contributed by atoms with Crippen LogP contribution in [0.2, 0.25) is 0 Å². The van der Waals surface area contributed by atoms with Crippen LogP contribution in [0.3, 0.4) is 0 Å². The Morgan fingerprint density at radius 3 is 2.35 bits per heavy atom. The van der Waals surface area contributed by atoms with Crippen molar-refractivity contribution in [2.24, 2.45) is 0 Å². The second-order valence-electron chi connectivity index (χ2n) is 3.74. The lowest BCUT2D eigenvalue weighted by atomic mass is 9.96. The van der Waals surface area contributed by atoms with Crippen molar-refractivity contribution in [1.29, 1.82) is 0 Å². The Bertz CT molecular complexity index is 247. The van der Waals surface area contributed by atoms with E-state index in [1.165, 1.54) is 19.3 Å². The molecule has 0 bridgehead atoms. The summed E-state index contributed by atoms with van der Waals surface area (Å²) in [6.45, 7) is 5.24. The van der Waals surface area contributed by atoms with Crippen LogP contribution in [0.25, 0.3) is 0 Å². The maximum absolute atomic E-state index is 11.0. The summed E-state index contributed by atoms with van der Waals surface area (Å²) in [5.41, 5.74) is 0. The average Bonchev–Trinajstić information content (AvgIpc) is 2.31. The Hall–Kier alpha value is -1.52. The zero-order chi connectivity index (χ0) is 13.1. The molecule has 5 nitrogen and oxygen atoms in total. The van der Waals surface area contributed by atoms with Crippen molar-refractivity contribution in [1.82, 2.24) is 5.32 Å². The lowest BCUT2D eigenvalue weighted by Crippen LogP contribution is -2.36. The van der Waals surface area contributed by atoms with Gasteiger partial charge in [-0.2, -0.15) is 0 Å². The smallest absolute Gasteiger partial charge is 0.407 e. The maximum atomic E-state index is 11.0. The van der Waals surface area contributed by atoms with Crippen LogP contribution in [0.5, 0.6) is 0 Å². The van der Waals surface area contributed by atoms with E-state index in [4.69, 9.17) is 9.84 Å². The average molecular weight is 243 g/mol. The molecule has 1 rings (SSSR count). The summed E-state index contributed by atoms with van der Waals surface area (Å²) in [6, 6.07) is 0.359. The van der Waals surface area contributed by atoms with E-state index in [0.717, 1.165) is 18.9 Å². The molecule has 0 radical (unpaired) electrons. The molecule has 0 aliphatic heterocycles. The Kier molecular flexibility index (Phi) is 8.82. The van der Waals surface area contributed by atoms with Crippen LogP contribution in [-0.4, -0.2) is 29.8 Å². The molecule has 0 unspecified atom stereocenters. The minimum atomic E-state index is -0.981. The zero-order valence-corrected chi connectivity index (χ0v) is 10.3. The molecule has 0 aromatic heterocycles. The number of aliphatic carboxylic acids is 1. The first-order valence-electron chi connectivity index (χ1n) is 5.88. The fraction of sp³-hybridized carbons (Fsp3) is 0.667. The van der Waals surface area contributed by atoms with Crippen molar-refractivity contribution < 1.29 is 19.4 Å². The molecular weight excluding hydrogens is 222 g/mol. The van der Waals surface area contributed by atoms with Gasteiger partial charge in [0.15, 0.2) is 0 Å². The quantitative estimate of drug-likeness (QED) is 0.746. The predicted molar refractivity (Wildman–Crippen MR) is 64.9 cm³/mol. The van der Waals surface area contributed by atoms with Crippen molar-refractivity contribution in [2.75, 3.05) is 6.61 Å². The van der Waals surface area contributed by atoms with Gasteiger partial charge in [-0.15, -0.1) is 0 Å². The van der Waals surface area contributed by atoms with Gasteiger partial charge in [0.05, 0.1) is 6.61 Å². The van der Waals surface area contributed by atoms with E-state index in [-0.39, 0.29) is 6.09 Å². The first-order valence-corrected chi connectivity index (χ1v) is 5.88. The lowest BCUT2D eigenvalue weighted by molar-refractivity contribution is -0.131. The van der Waals surface area contributed by atoms with Gasteiger partial charge in [-0.3, -0.25) is 0 Å². The Balaban J connectivity index is 0.000000437. The van der Waals surface area contributed by atoms with Gasteiger partial charge >= 0.3 is 12.1 Å². The van der Waals surface area contributed by atoms with E-state index in [1.54, 1.807) is 0 Å². The van der Waals surface area contributed by atoms with Gasteiger partial charge in [0, 0.05) is 12.1 Å². The van der Waals surface area contributed by atoms with Gasteiger partial charge in [0.1, 0.15) is 0 Å². The molecule has 0 aromatic carbocycles. The van der Waals surface area contributed by atoms with Crippen molar-refractivity contribution >= 4 is 12.1 Å². The number of ether oxygens (including phenoxy) is 1. The number of nitrogens with one attached hydrogen (secondary N) is 1. The minimum absolute atomic E-state index is 0.260. The van der Waals surface area contributed by atoms with Crippen molar-refractivity contribution in [2.45, 2.75) is 45.1 Å². The number of carbonyl (C=O) groups excluding carboxylic acids is 1. The van der Waals surface area contributed by atoms with E-state index >= 15 is 0 Å².